The van der Waals surface area contributed by atoms with Crippen LogP contribution >= 0.6 is 0 Å². The second kappa shape index (κ2) is 8.97. The minimum absolute atomic E-state index is 0.0336. The van der Waals surface area contributed by atoms with E-state index in [1.165, 1.54) is 6.07 Å². The highest BCUT2D eigenvalue weighted by molar-refractivity contribution is 7.77. The summed E-state index contributed by atoms with van der Waals surface area (Å²) in [5, 5.41) is 3.32. The monoisotopic (exact) mass is 397 g/mol. The van der Waals surface area contributed by atoms with Crippen LogP contribution in [0.3, 0.4) is 0 Å². The summed E-state index contributed by atoms with van der Waals surface area (Å²) in [6, 6.07) is 7.63. The normalized spacial score (nSPS) is 21.2. The first-order valence-electron chi connectivity index (χ1n) is 8.74. The van der Waals surface area contributed by atoms with E-state index in [2.05, 4.69) is 10.0 Å². The Hall–Kier alpha value is -1.74. The van der Waals surface area contributed by atoms with Crippen LogP contribution in [0.4, 0.5) is 13.2 Å². The largest absolute Gasteiger partial charge is 0.760 e. The fourth-order valence-electron chi connectivity index (χ4n) is 3.58. The van der Waals surface area contributed by atoms with E-state index >= 15 is 4.39 Å². The average molecular weight is 397 g/mol. The fraction of sp³-hybridized carbons (Fsp3) is 0.368. The Kier molecular flexibility index (Phi) is 6.64. The summed E-state index contributed by atoms with van der Waals surface area (Å²) < 4.78 is 65.9. The highest BCUT2D eigenvalue weighted by Gasteiger charge is 2.26. The third-order valence-corrected chi connectivity index (χ3v) is 5.29. The molecule has 1 fully saturated rings. The first-order chi connectivity index (χ1) is 12.9. The Morgan fingerprint density at radius 3 is 2.63 bits per heavy atom. The van der Waals surface area contributed by atoms with Gasteiger partial charge in [0.2, 0.25) is 0 Å². The molecular weight excluding hydrogens is 377 g/mol. The van der Waals surface area contributed by atoms with Crippen molar-refractivity contribution >= 4 is 11.3 Å². The molecule has 0 aliphatic carbocycles. The number of benzene rings is 2. The van der Waals surface area contributed by atoms with Gasteiger partial charge in [0.05, 0.1) is 0 Å². The summed E-state index contributed by atoms with van der Waals surface area (Å²) in [7, 11) is 0. The maximum absolute atomic E-state index is 15.0. The van der Waals surface area contributed by atoms with Gasteiger partial charge in [0, 0.05) is 35.5 Å². The molecule has 4 nitrogen and oxygen atoms in total. The first-order valence-corrected chi connectivity index (χ1v) is 9.81. The Labute approximate surface area is 158 Å². The van der Waals surface area contributed by atoms with E-state index in [1.807, 2.05) is 0 Å². The molecule has 0 saturated carbocycles. The van der Waals surface area contributed by atoms with Crippen molar-refractivity contribution in [2.24, 2.45) is 5.92 Å². The van der Waals surface area contributed by atoms with Gasteiger partial charge in [0.15, 0.2) is 0 Å². The Morgan fingerprint density at radius 2 is 1.93 bits per heavy atom. The molecule has 3 rings (SSSR count). The summed E-state index contributed by atoms with van der Waals surface area (Å²) in [4.78, 5) is 0. The molecule has 1 saturated heterocycles. The molecule has 0 amide bonds. The van der Waals surface area contributed by atoms with E-state index in [1.54, 1.807) is 12.1 Å². The molecule has 8 heteroatoms. The van der Waals surface area contributed by atoms with Crippen LogP contribution in [0.5, 0.6) is 0 Å². The topological polar surface area (TPSA) is 64.2 Å². The highest BCUT2D eigenvalue weighted by atomic mass is 32.2. The zero-order valence-corrected chi connectivity index (χ0v) is 15.3. The number of hydrogen-bond donors (Lipinski definition) is 2. The maximum Gasteiger partial charge on any atom is 0.134 e. The SMILES string of the molecule is O=S([O-])NC[C@H]1CCCN[C@H]1Cc1cccc(-c2cc(F)cc(F)c2)c1F. The second-order valence-corrected chi connectivity index (χ2v) is 7.45. The molecular formula is C19H20F3N2O2S-. The number of halogens is 3. The minimum Gasteiger partial charge on any atom is -0.760 e. The van der Waals surface area contributed by atoms with Crippen molar-refractivity contribution in [2.45, 2.75) is 25.3 Å². The van der Waals surface area contributed by atoms with Gasteiger partial charge in [0.25, 0.3) is 0 Å². The van der Waals surface area contributed by atoms with Crippen LogP contribution in [0.25, 0.3) is 11.1 Å². The molecule has 3 atom stereocenters. The quantitative estimate of drug-likeness (QED) is 0.737. The van der Waals surface area contributed by atoms with Gasteiger partial charge in [-0.05, 0) is 55.0 Å². The van der Waals surface area contributed by atoms with Crippen molar-refractivity contribution in [3.63, 3.8) is 0 Å². The predicted octanol–water partition coefficient (Wildman–Crippen LogP) is 3.07. The smallest absolute Gasteiger partial charge is 0.134 e. The van der Waals surface area contributed by atoms with Crippen molar-refractivity contribution in [3.8, 4) is 11.1 Å². The van der Waals surface area contributed by atoms with E-state index in [-0.39, 0.29) is 29.6 Å². The van der Waals surface area contributed by atoms with Gasteiger partial charge in [-0.3, -0.25) is 4.21 Å². The predicted molar refractivity (Wildman–Crippen MR) is 96.9 cm³/mol. The lowest BCUT2D eigenvalue weighted by Crippen LogP contribution is -2.46. The maximum atomic E-state index is 15.0. The van der Waals surface area contributed by atoms with Crippen molar-refractivity contribution in [1.29, 1.82) is 0 Å². The van der Waals surface area contributed by atoms with E-state index in [9.17, 15) is 17.5 Å². The fourth-order valence-corrected chi connectivity index (χ4v) is 3.93. The molecule has 0 bridgehead atoms. The van der Waals surface area contributed by atoms with Crippen LogP contribution in [0.15, 0.2) is 36.4 Å². The summed E-state index contributed by atoms with van der Waals surface area (Å²) in [5.74, 6) is -2.01. The minimum atomic E-state index is -2.34. The summed E-state index contributed by atoms with van der Waals surface area (Å²) in [6.07, 6.45) is 2.10. The van der Waals surface area contributed by atoms with E-state index < -0.39 is 28.7 Å². The highest BCUT2D eigenvalue weighted by Crippen LogP contribution is 2.28. The molecule has 1 aliphatic heterocycles. The lowest BCUT2D eigenvalue weighted by Gasteiger charge is -2.33. The van der Waals surface area contributed by atoms with Gasteiger partial charge in [-0.25, -0.2) is 17.9 Å². The van der Waals surface area contributed by atoms with Crippen LogP contribution in [0.1, 0.15) is 18.4 Å². The average Bonchev–Trinajstić information content (AvgIpc) is 2.62. The van der Waals surface area contributed by atoms with Crippen LogP contribution in [-0.2, 0) is 17.7 Å². The van der Waals surface area contributed by atoms with Gasteiger partial charge in [-0.1, -0.05) is 18.2 Å². The van der Waals surface area contributed by atoms with Gasteiger partial charge in [-0.2, -0.15) is 0 Å². The Balaban J connectivity index is 1.83. The molecule has 1 unspecified atom stereocenters. The molecule has 1 aliphatic rings. The second-order valence-electron chi connectivity index (χ2n) is 6.69. The van der Waals surface area contributed by atoms with Crippen LogP contribution < -0.4 is 10.0 Å². The molecule has 1 heterocycles. The van der Waals surface area contributed by atoms with Crippen molar-refractivity contribution < 1.29 is 21.9 Å². The van der Waals surface area contributed by atoms with Gasteiger partial charge in [-0.15, -0.1) is 0 Å². The molecule has 146 valence electrons. The molecule has 0 radical (unpaired) electrons. The van der Waals surface area contributed by atoms with E-state index in [4.69, 9.17) is 0 Å². The standard InChI is InChI=1S/C19H21F3N2O2S/c20-15-7-14(8-16(21)10-15)17-5-1-3-12(19(17)22)9-18-13(4-2-6-23-18)11-24-27(25)26/h1,3,5,7-8,10,13,18,23-24H,2,4,6,9,11H2,(H,25,26)/p-1/t13-,18+/m1/s1. The number of rotatable bonds is 6. The Bertz CT molecular complexity index is 814. The third kappa shape index (κ3) is 5.16. The van der Waals surface area contributed by atoms with Gasteiger partial charge in [0.1, 0.15) is 17.5 Å². The number of nitrogens with one attached hydrogen (secondary N) is 2. The molecule has 0 spiro atoms. The Morgan fingerprint density at radius 1 is 1.19 bits per heavy atom. The number of hydrogen-bond acceptors (Lipinski definition) is 3. The zero-order chi connectivity index (χ0) is 19.4. The third-order valence-electron chi connectivity index (χ3n) is 4.88. The van der Waals surface area contributed by atoms with Crippen molar-refractivity contribution in [2.75, 3.05) is 13.1 Å². The van der Waals surface area contributed by atoms with Crippen molar-refractivity contribution in [3.05, 3.63) is 59.4 Å². The van der Waals surface area contributed by atoms with Crippen LogP contribution in [0.2, 0.25) is 0 Å². The summed E-state index contributed by atoms with van der Waals surface area (Å²) >= 11 is -2.34. The summed E-state index contributed by atoms with van der Waals surface area (Å²) in [5.41, 5.74) is 0.699. The first kappa shape index (κ1) is 20.0. The molecule has 27 heavy (non-hydrogen) atoms. The molecule has 0 aromatic heterocycles. The lowest BCUT2D eigenvalue weighted by molar-refractivity contribution is 0.276. The van der Waals surface area contributed by atoms with E-state index in [0.29, 0.717) is 12.0 Å². The van der Waals surface area contributed by atoms with Crippen LogP contribution in [-0.4, -0.2) is 27.9 Å². The summed E-state index contributed by atoms with van der Waals surface area (Å²) in [6.45, 7) is 1.06. The zero-order valence-electron chi connectivity index (χ0n) is 14.5. The van der Waals surface area contributed by atoms with E-state index in [0.717, 1.165) is 37.6 Å². The van der Waals surface area contributed by atoms with Crippen LogP contribution in [0, 0.1) is 23.4 Å². The number of piperidine rings is 1. The molecule has 2 aromatic rings. The lowest BCUT2D eigenvalue weighted by atomic mass is 9.86. The van der Waals surface area contributed by atoms with Gasteiger partial charge < -0.3 is 9.87 Å². The van der Waals surface area contributed by atoms with Crippen molar-refractivity contribution in [1.82, 2.24) is 10.0 Å². The molecule has 2 aromatic carbocycles. The molecule has 2 N–H and O–H groups in total. The van der Waals surface area contributed by atoms with Gasteiger partial charge >= 0.3 is 0 Å².